The first-order chi connectivity index (χ1) is 9.19. The zero-order chi connectivity index (χ0) is 13.7. The summed E-state index contributed by atoms with van der Waals surface area (Å²) in [4.78, 5) is 0. The van der Waals surface area contributed by atoms with Crippen LogP contribution in [0.5, 0.6) is 11.5 Å². The highest BCUT2D eigenvalue weighted by Crippen LogP contribution is 2.30. The van der Waals surface area contributed by atoms with E-state index in [-0.39, 0.29) is 5.75 Å². The molecule has 19 heavy (non-hydrogen) atoms. The number of benzene rings is 1. The minimum absolute atomic E-state index is 0.0761. The van der Waals surface area contributed by atoms with Crippen molar-refractivity contribution in [2.75, 3.05) is 20.2 Å². The lowest BCUT2D eigenvalue weighted by Crippen LogP contribution is -2.19. The molecule has 1 saturated carbocycles. The maximum atomic E-state index is 12.2. The first-order valence-corrected chi connectivity index (χ1v) is 6.51. The molecule has 0 aromatic heterocycles. The van der Waals surface area contributed by atoms with Gasteiger partial charge in [-0.25, -0.2) is 0 Å². The normalized spacial score (nSPS) is 14.7. The molecule has 5 heteroatoms. The fourth-order valence-corrected chi connectivity index (χ4v) is 1.92. The second-order valence-electron chi connectivity index (χ2n) is 4.76. The molecule has 0 radical (unpaired) electrons. The van der Waals surface area contributed by atoms with Gasteiger partial charge in [-0.05, 0) is 56.0 Å². The van der Waals surface area contributed by atoms with Gasteiger partial charge in [0.05, 0.1) is 7.11 Å². The maximum Gasteiger partial charge on any atom is 0.387 e. The Hall–Kier alpha value is -1.36. The number of methoxy groups -OCH3 is 1. The Kier molecular flexibility index (Phi) is 4.96. The predicted octanol–water partition coefficient (Wildman–Crippen LogP) is 2.84. The Balaban J connectivity index is 1.85. The monoisotopic (exact) mass is 271 g/mol. The summed E-state index contributed by atoms with van der Waals surface area (Å²) in [6, 6.07) is 5.07. The number of ether oxygens (including phenoxy) is 2. The molecule has 0 unspecified atom stereocenters. The largest absolute Gasteiger partial charge is 0.493 e. The van der Waals surface area contributed by atoms with Crippen LogP contribution in [-0.4, -0.2) is 26.8 Å². The summed E-state index contributed by atoms with van der Waals surface area (Å²) < 4.78 is 33.8. The van der Waals surface area contributed by atoms with Gasteiger partial charge in [0.15, 0.2) is 11.5 Å². The fraction of sp³-hybridized carbons (Fsp3) is 0.571. The third-order valence-electron chi connectivity index (χ3n) is 3.16. The molecule has 1 aliphatic rings. The lowest BCUT2D eigenvalue weighted by molar-refractivity contribution is -0.0512. The zero-order valence-corrected chi connectivity index (χ0v) is 11.0. The van der Waals surface area contributed by atoms with Crippen LogP contribution in [0.3, 0.4) is 0 Å². The van der Waals surface area contributed by atoms with Crippen molar-refractivity contribution in [3.8, 4) is 11.5 Å². The summed E-state index contributed by atoms with van der Waals surface area (Å²) in [6.07, 6.45) is 3.51. The molecule has 1 aromatic carbocycles. The number of alkyl halides is 2. The topological polar surface area (TPSA) is 30.5 Å². The van der Waals surface area contributed by atoms with Crippen LogP contribution in [0.25, 0.3) is 0 Å². The highest BCUT2D eigenvalue weighted by atomic mass is 19.3. The van der Waals surface area contributed by atoms with Crippen molar-refractivity contribution < 1.29 is 18.3 Å². The fourth-order valence-electron chi connectivity index (χ4n) is 1.92. The quantitative estimate of drug-likeness (QED) is 0.737. The molecule has 0 aliphatic heterocycles. The summed E-state index contributed by atoms with van der Waals surface area (Å²) in [5, 5.41) is 3.39. The molecule has 1 N–H and O–H groups in total. The molecule has 0 amide bonds. The van der Waals surface area contributed by atoms with Gasteiger partial charge >= 0.3 is 6.61 Å². The van der Waals surface area contributed by atoms with E-state index in [2.05, 4.69) is 10.1 Å². The Labute approximate surface area is 111 Å². The van der Waals surface area contributed by atoms with Gasteiger partial charge in [-0.15, -0.1) is 0 Å². The standard InChI is InChI=1S/C14H19F2NO2/c1-18-13-8-10(4-5-12(13)19-14(15)16)6-7-17-9-11-2-3-11/h4-5,8,11,14,17H,2-3,6-7,9H2,1H3. The average molecular weight is 271 g/mol. The number of nitrogens with one attached hydrogen (secondary N) is 1. The molecule has 3 nitrogen and oxygen atoms in total. The second-order valence-corrected chi connectivity index (χ2v) is 4.76. The molecule has 0 spiro atoms. The van der Waals surface area contributed by atoms with Crippen LogP contribution in [0.1, 0.15) is 18.4 Å². The minimum atomic E-state index is -2.83. The van der Waals surface area contributed by atoms with E-state index >= 15 is 0 Å². The van der Waals surface area contributed by atoms with Crippen LogP contribution < -0.4 is 14.8 Å². The Bertz CT molecular complexity index is 408. The molecular formula is C14H19F2NO2. The molecule has 2 rings (SSSR count). The van der Waals surface area contributed by atoms with Crippen molar-refractivity contribution >= 4 is 0 Å². The molecule has 1 fully saturated rings. The molecule has 0 saturated heterocycles. The van der Waals surface area contributed by atoms with E-state index in [1.54, 1.807) is 12.1 Å². The van der Waals surface area contributed by atoms with Gasteiger partial charge < -0.3 is 14.8 Å². The Morgan fingerprint density at radius 3 is 2.74 bits per heavy atom. The molecule has 0 atom stereocenters. The van der Waals surface area contributed by atoms with E-state index in [0.29, 0.717) is 5.75 Å². The minimum Gasteiger partial charge on any atom is -0.493 e. The summed E-state index contributed by atoms with van der Waals surface area (Å²) in [6.45, 7) is -0.877. The van der Waals surface area contributed by atoms with Gasteiger partial charge in [-0.1, -0.05) is 6.07 Å². The van der Waals surface area contributed by atoms with Crippen molar-refractivity contribution in [1.29, 1.82) is 0 Å². The summed E-state index contributed by atoms with van der Waals surface area (Å²) in [5.74, 6) is 1.28. The first kappa shape index (κ1) is 14.1. The van der Waals surface area contributed by atoms with E-state index in [1.807, 2.05) is 0 Å². The molecule has 1 aromatic rings. The van der Waals surface area contributed by atoms with Gasteiger partial charge in [-0.3, -0.25) is 0 Å². The van der Waals surface area contributed by atoms with Gasteiger partial charge in [0.1, 0.15) is 0 Å². The van der Waals surface area contributed by atoms with Crippen molar-refractivity contribution in [1.82, 2.24) is 5.32 Å². The van der Waals surface area contributed by atoms with E-state index in [4.69, 9.17) is 4.74 Å². The Morgan fingerprint density at radius 1 is 1.32 bits per heavy atom. The van der Waals surface area contributed by atoms with Gasteiger partial charge in [0.2, 0.25) is 0 Å². The third kappa shape index (κ3) is 4.67. The SMILES string of the molecule is COc1cc(CCNCC2CC2)ccc1OC(F)F. The highest BCUT2D eigenvalue weighted by Gasteiger charge is 2.20. The number of rotatable bonds is 8. The van der Waals surface area contributed by atoms with Crippen molar-refractivity contribution in [2.24, 2.45) is 5.92 Å². The van der Waals surface area contributed by atoms with Crippen LogP contribution in [0.2, 0.25) is 0 Å². The summed E-state index contributed by atoms with van der Waals surface area (Å²) in [7, 11) is 1.45. The van der Waals surface area contributed by atoms with Crippen LogP contribution in [0, 0.1) is 5.92 Å². The van der Waals surface area contributed by atoms with Crippen LogP contribution >= 0.6 is 0 Å². The van der Waals surface area contributed by atoms with Gasteiger partial charge in [0.25, 0.3) is 0 Å². The Morgan fingerprint density at radius 2 is 2.11 bits per heavy atom. The van der Waals surface area contributed by atoms with Crippen LogP contribution in [0.15, 0.2) is 18.2 Å². The van der Waals surface area contributed by atoms with E-state index in [1.165, 1.54) is 26.0 Å². The van der Waals surface area contributed by atoms with Crippen molar-refractivity contribution in [3.63, 3.8) is 0 Å². The van der Waals surface area contributed by atoms with E-state index < -0.39 is 6.61 Å². The highest BCUT2D eigenvalue weighted by molar-refractivity contribution is 5.43. The number of halogens is 2. The molecule has 106 valence electrons. The van der Waals surface area contributed by atoms with Crippen molar-refractivity contribution in [2.45, 2.75) is 25.9 Å². The third-order valence-corrected chi connectivity index (χ3v) is 3.16. The predicted molar refractivity (Wildman–Crippen MR) is 68.9 cm³/mol. The lowest BCUT2D eigenvalue weighted by Gasteiger charge is -2.11. The van der Waals surface area contributed by atoms with Crippen LogP contribution in [0.4, 0.5) is 8.78 Å². The second kappa shape index (κ2) is 6.70. The molecule has 0 bridgehead atoms. The van der Waals surface area contributed by atoms with Crippen molar-refractivity contribution in [3.05, 3.63) is 23.8 Å². The number of hydrogen-bond acceptors (Lipinski definition) is 3. The van der Waals surface area contributed by atoms with E-state index in [0.717, 1.165) is 31.0 Å². The molecule has 0 heterocycles. The van der Waals surface area contributed by atoms with E-state index in [9.17, 15) is 8.78 Å². The smallest absolute Gasteiger partial charge is 0.387 e. The zero-order valence-electron chi connectivity index (χ0n) is 11.0. The average Bonchev–Trinajstić information content (AvgIpc) is 3.19. The van der Waals surface area contributed by atoms with Gasteiger partial charge in [-0.2, -0.15) is 8.78 Å². The maximum absolute atomic E-state index is 12.2. The van der Waals surface area contributed by atoms with Crippen LogP contribution in [-0.2, 0) is 6.42 Å². The van der Waals surface area contributed by atoms with Gasteiger partial charge in [0, 0.05) is 0 Å². The summed E-state index contributed by atoms with van der Waals surface area (Å²) in [5.41, 5.74) is 1.04. The summed E-state index contributed by atoms with van der Waals surface area (Å²) >= 11 is 0. The first-order valence-electron chi connectivity index (χ1n) is 6.51. The lowest BCUT2D eigenvalue weighted by atomic mass is 10.1. The molecular weight excluding hydrogens is 252 g/mol. The molecule has 1 aliphatic carbocycles. The number of hydrogen-bond donors (Lipinski definition) is 1.